The van der Waals surface area contributed by atoms with E-state index >= 15 is 0 Å². The highest BCUT2D eigenvalue weighted by Gasteiger charge is 2.20. The molecule has 0 saturated carbocycles. The van der Waals surface area contributed by atoms with Crippen LogP contribution in [0, 0.1) is 0 Å². The number of hydrogen-bond donors (Lipinski definition) is 0. The van der Waals surface area contributed by atoms with Crippen molar-refractivity contribution >= 4 is 48.5 Å². The van der Waals surface area contributed by atoms with Crippen molar-refractivity contribution < 1.29 is 0 Å². The lowest BCUT2D eigenvalue weighted by atomic mass is 9.96. The van der Waals surface area contributed by atoms with Crippen LogP contribution in [0.5, 0.6) is 0 Å². The van der Waals surface area contributed by atoms with Gasteiger partial charge in [-0.15, -0.1) is 0 Å². The molecule has 0 saturated heterocycles. The summed E-state index contributed by atoms with van der Waals surface area (Å²) in [5, 5.41) is 4.77. The zero-order valence-electron chi connectivity index (χ0n) is 16.1. The molecule has 0 N–H and O–H groups in total. The van der Waals surface area contributed by atoms with Gasteiger partial charge >= 0.3 is 0 Å². The van der Waals surface area contributed by atoms with Crippen LogP contribution in [0.3, 0.4) is 0 Å². The van der Waals surface area contributed by atoms with Crippen LogP contribution >= 0.6 is 15.9 Å². The quantitative estimate of drug-likeness (QED) is 0.247. The number of rotatable bonds is 2. The Morgan fingerprint density at radius 3 is 1.77 bits per heavy atom. The van der Waals surface area contributed by atoms with Gasteiger partial charge in [-0.2, -0.15) is 0 Å². The minimum absolute atomic E-state index is 0.960. The number of fused-ring (bicyclic) bond motifs is 3. The molecule has 5 aromatic carbocycles. The zero-order chi connectivity index (χ0) is 20.1. The Hall–Kier alpha value is -3.43. The van der Waals surface area contributed by atoms with Gasteiger partial charge < -0.3 is 0 Å². The number of aromatic nitrogens is 2. The van der Waals surface area contributed by atoms with Gasteiger partial charge in [-0.3, -0.25) is 4.57 Å². The predicted octanol–water partition coefficient (Wildman–Crippen LogP) is 7.76. The smallest absolute Gasteiger partial charge is 0.146 e. The fourth-order valence-electron chi connectivity index (χ4n) is 4.35. The third kappa shape index (κ3) is 2.52. The molecule has 0 aliphatic rings. The molecule has 0 fully saturated rings. The van der Waals surface area contributed by atoms with Crippen molar-refractivity contribution in [2.75, 3.05) is 0 Å². The van der Waals surface area contributed by atoms with Gasteiger partial charge in [0.2, 0.25) is 0 Å². The normalized spacial score (nSPS) is 11.5. The maximum absolute atomic E-state index is 5.14. The highest BCUT2D eigenvalue weighted by atomic mass is 79.9. The summed E-state index contributed by atoms with van der Waals surface area (Å²) in [6, 6.07) is 35.9. The first-order chi connectivity index (χ1) is 14.8. The lowest BCUT2D eigenvalue weighted by Crippen LogP contribution is -1.99. The first-order valence-electron chi connectivity index (χ1n) is 9.95. The van der Waals surface area contributed by atoms with Gasteiger partial charge in [0.1, 0.15) is 5.82 Å². The number of benzene rings is 5. The summed E-state index contributed by atoms with van der Waals surface area (Å²) in [5.74, 6) is 0.960. The molecular formula is C27H17BrN2. The van der Waals surface area contributed by atoms with E-state index in [0.29, 0.717) is 0 Å². The van der Waals surface area contributed by atoms with Crippen LogP contribution in [-0.4, -0.2) is 9.55 Å². The summed E-state index contributed by atoms with van der Waals surface area (Å²) < 4.78 is 3.40. The molecule has 6 aromatic rings. The van der Waals surface area contributed by atoms with Crippen LogP contribution in [-0.2, 0) is 0 Å². The molecule has 142 valence electrons. The average molecular weight is 449 g/mol. The van der Waals surface area contributed by atoms with Gasteiger partial charge in [0.15, 0.2) is 0 Å². The monoisotopic (exact) mass is 448 g/mol. The molecule has 2 nitrogen and oxygen atoms in total. The van der Waals surface area contributed by atoms with E-state index in [1.165, 1.54) is 21.5 Å². The van der Waals surface area contributed by atoms with Gasteiger partial charge in [-0.1, -0.05) is 78.9 Å². The first kappa shape index (κ1) is 17.4. The molecule has 0 radical (unpaired) electrons. The number of nitrogens with zero attached hydrogens (tertiary/aromatic N) is 2. The molecule has 1 heterocycles. The topological polar surface area (TPSA) is 17.8 Å². The minimum atomic E-state index is 0.960. The maximum Gasteiger partial charge on any atom is 0.146 e. The van der Waals surface area contributed by atoms with Crippen molar-refractivity contribution in [1.29, 1.82) is 0 Å². The van der Waals surface area contributed by atoms with Gasteiger partial charge in [0, 0.05) is 15.7 Å². The number of para-hydroxylation sites is 3. The van der Waals surface area contributed by atoms with Crippen LogP contribution in [0.15, 0.2) is 108 Å². The fourth-order valence-corrected chi connectivity index (χ4v) is 5.04. The van der Waals surface area contributed by atoms with Crippen molar-refractivity contribution in [3.63, 3.8) is 0 Å². The van der Waals surface area contributed by atoms with E-state index in [1.807, 2.05) is 12.1 Å². The zero-order valence-corrected chi connectivity index (χ0v) is 17.7. The van der Waals surface area contributed by atoms with Crippen LogP contribution in [0.25, 0.3) is 49.7 Å². The Kier molecular flexibility index (Phi) is 3.96. The average Bonchev–Trinajstić information content (AvgIpc) is 3.19. The Labute approximate surface area is 182 Å². The molecular weight excluding hydrogens is 432 g/mol. The second kappa shape index (κ2) is 6.82. The number of hydrogen-bond acceptors (Lipinski definition) is 1. The molecule has 0 amide bonds. The van der Waals surface area contributed by atoms with E-state index in [0.717, 1.165) is 32.6 Å². The highest BCUT2D eigenvalue weighted by molar-refractivity contribution is 9.10. The standard InChI is InChI=1S/C27H17BrN2/c28-26-21-14-6-4-12-19(21)25(20-13-5-7-15-22(20)26)27-29-23-16-8-9-17-24(23)30(27)18-10-2-1-3-11-18/h1-17H. The molecule has 30 heavy (non-hydrogen) atoms. The largest absolute Gasteiger partial charge is 0.292 e. The molecule has 0 aliphatic carbocycles. The Morgan fingerprint density at radius 2 is 1.10 bits per heavy atom. The highest BCUT2D eigenvalue weighted by Crippen LogP contribution is 2.42. The van der Waals surface area contributed by atoms with Crippen LogP contribution in [0.4, 0.5) is 0 Å². The number of imidazole rings is 1. The molecule has 1 aromatic heterocycles. The summed E-state index contributed by atoms with van der Waals surface area (Å²) in [4.78, 5) is 5.14. The van der Waals surface area contributed by atoms with Gasteiger partial charge in [0.05, 0.1) is 11.0 Å². The van der Waals surface area contributed by atoms with Crippen molar-refractivity contribution in [3.05, 3.63) is 108 Å². The third-order valence-corrected chi connectivity index (χ3v) is 6.52. The molecule has 0 aliphatic heterocycles. The Morgan fingerprint density at radius 1 is 0.567 bits per heavy atom. The second-order valence-corrected chi connectivity index (χ2v) is 8.17. The number of halogens is 1. The van der Waals surface area contributed by atoms with Crippen molar-refractivity contribution in [2.45, 2.75) is 0 Å². The molecule has 0 unspecified atom stereocenters. The second-order valence-electron chi connectivity index (χ2n) is 7.38. The maximum atomic E-state index is 5.14. The lowest BCUT2D eigenvalue weighted by Gasteiger charge is -2.16. The molecule has 0 atom stereocenters. The van der Waals surface area contributed by atoms with Crippen LogP contribution in [0.2, 0.25) is 0 Å². The van der Waals surface area contributed by atoms with E-state index in [9.17, 15) is 0 Å². The van der Waals surface area contributed by atoms with Gasteiger partial charge in [0.25, 0.3) is 0 Å². The summed E-state index contributed by atoms with van der Waals surface area (Å²) in [6.45, 7) is 0. The Bertz CT molecular complexity index is 1490. The molecule has 6 rings (SSSR count). The summed E-state index contributed by atoms with van der Waals surface area (Å²) in [7, 11) is 0. The lowest BCUT2D eigenvalue weighted by molar-refractivity contribution is 1.11. The van der Waals surface area contributed by atoms with E-state index in [1.54, 1.807) is 0 Å². The predicted molar refractivity (Wildman–Crippen MR) is 129 cm³/mol. The third-order valence-electron chi connectivity index (χ3n) is 5.66. The van der Waals surface area contributed by atoms with E-state index < -0.39 is 0 Å². The summed E-state index contributed by atoms with van der Waals surface area (Å²) >= 11 is 3.86. The molecule has 3 heteroatoms. The SMILES string of the molecule is Brc1c2ccccc2c(-c2nc3ccccc3n2-c2ccccc2)c2ccccc12. The van der Waals surface area contributed by atoms with Crippen LogP contribution in [0.1, 0.15) is 0 Å². The van der Waals surface area contributed by atoms with Crippen molar-refractivity contribution in [2.24, 2.45) is 0 Å². The van der Waals surface area contributed by atoms with Gasteiger partial charge in [-0.25, -0.2) is 4.98 Å². The van der Waals surface area contributed by atoms with Crippen molar-refractivity contribution in [3.8, 4) is 17.1 Å². The summed E-state index contributed by atoms with van der Waals surface area (Å²) in [6.07, 6.45) is 0. The Balaban J connectivity index is 1.85. The fraction of sp³-hybridized carbons (Fsp3) is 0. The van der Waals surface area contributed by atoms with Gasteiger partial charge in [-0.05, 0) is 61.7 Å². The van der Waals surface area contributed by atoms with E-state index in [2.05, 4.69) is 111 Å². The van der Waals surface area contributed by atoms with E-state index in [-0.39, 0.29) is 0 Å². The van der Waals surface area contributed by atoms with E-state index in [4.69, 9.17) is 4.98 Å². The molecule has 0 spiro atoms. The minimum Gasteiger partial charge on any atom is -0.292 e. The molecule has 0 bridgehead atoms. The van der Waals surface area contributed by atoms with Crippen molar-refractivity contribution in [1.82, 2.24) is 9.55 Å². The first-order valence-corrected chi connectivity index (χ1v) is 10.7. The summed E-state index contributed by atoms with van der Waals surface area (Å²) in [5.41, 5.74) is 4.36. The van der Waals surface area contributed by atoms with Crippen LogP contribution < -0.4 is 0 Å².